The molecule has 0 spiro atoms. The van der Waals surface area contributed by atoms with E-state index in [-0.39, 0.29) is 17.6 Å². The summed E-state index contributed by atoms with van der Waals surface area (Å²) in [5.74, 6) is 0.895. The number of ether oxygens (including phenoxy) is 1. The molecule has 5 rings (SSSR count). The van der Waals surface area contributed by atoms with E-state index in [1.807, 2.05) is 30.7 Å². The molecule has 0 bridgehead atoms. The Morgan fingerprint density at radius 3 is 2.64 bits per heavy atom. The molecule has 8 nitrogen and oxygen atoms in total. The van der Waals surface area contributed by atoms with Crippen LogP contribution in [-0.2, 0) is 0 Å². The van der Waals surface area contributed by atoms with Crippen molar-refractivity contribution in [2.45, 2.75) is 32.8 Å². The number of rotatable bonds is 4. The molecule has 0 unspecified atom stereocenters. The highest BCUT2D eigenvalue weighted by atomic mass is 16.5. The van der Waals surface area contributed by atoms with E-state index in [1.165, 1.54) is 4.68 Å². The van der Waals surface area contributed by atoms with Gasteiger partial charge in [-0.1, -0.05) is 0 Å². The van der Waals surface area contributed by atoms with Gasteiger partial charge in [0.25, 0.3) is 11.5 Å². The highest BCUT2D eigenvalue weighted by molar-refractivity contribution is 5.85. The van der Waals surface area contributed by atoms with Gasteiger partial charge in [0.05, 0.1) is 17.3 Å². The van der Waals surface area contributed by atoms with Crippen molar-refractivity contribution in [3.8, 4) is 17.5 Å². The fourth-order valence-corrected chi connectivity index (χ4v) is 3.31. The first-order valence-electron chi connectivity index (χ1n) is 9.13. The fraction of sp³-hybridized carbons (Fsp3) is 0.250. The molecule has 0 amide bonds. The Balaban J connectivity index is 1.67. The summed E-state index contributed by atoms with van der Waals surface area (Å²) in [6.07, 6.45) is 10.9. The lowest BCUT2D eigenvalue weighted by molar-refractivity contribution is 0.289. The first kappa shape index (κ1) is 16.6. The summed E-state index contributed by atoms with van der Waals surface area (Å²) in [6.45, 7) is 3.90. The lowest BCUT2D eigenvalue weighted by Gasteiger charge is -2.13. The van der Waals surface area contributed by atoms with Crippen LogP contribution in [0.3, 0.4) is 0 Å². The second-order valence-electron chi connectivity index (χ2n) is 6.90. The topological polar surface area (TPSA) is 87.7 Å². The van der Waals surface area contributed by atoms with Gasteiger partial charge in [-0.15, -0.1) is 0 Å². The zero-order valence-corrected chi connectivity index (χ0v) is 15.5. The minimum atomic E-state index is -0.249. The SMILES string of the molecule is Cc1c(-n2cc3cnn(-c4ncccn4)c(=O)c3c2C)ccnc1OC1CC1. The summed E-state index contributed by atoms with van der Waals surface area (Å²) < 4.78 is 9.12. The molecule has 4 heterocycles. The third kappa shape index (κ3) is 2.65. The molecule has 140 valence electrons. The molecule has 1 fully saturated rings. The van der Waals surface area contributed by atoms with Crippen molar-refractivity contribution in [1.29, 1.82) is 0 Å². The average Bonchev–Trinajstić information content (AvgIpc) is 3.46. The maximum Gasteiger partial charge on any atom is 0.283 e. The minimum Gasteiger partial charge on any atom is -0.474 e. The number of hydrogen-bond donors (Lipinski definition) is 0. The maximum atomic E-state index is 13.1. The van der Waals surface area contributed by atoms with Crippen LogP contribution in [0.4, 0.5) is 0 Å². The van der Waals surface area contributed by atoms with Crippen molar-refractivity contribution in [1.82, 2.24) is 29.3 Å². The standard InChI is InChI=1S/C20H18N6O2/c1-12-16(6-9-21-18(12)28-15-4-5-15)25-11-14-10-24-26(19(27)17(14)13(25)2)20-22-7-3-8-23-20/h3,6-11,15H,4-5H2,1-2H3. The Kier molecular flexibility index (Phi) is 3.71. The van der Waals surface area contributed by atoms with Gasteiger partial charge >= 0.3 is 0 Å². The van der Waals surface area contributed by atoms with Crippen LogP contribution in [0.5, 0.6) is 5.88 Å². The molecule has 4 aromatic heterocycles. The van der Waals surface area contributed by atoms with Crippen molar-refractivity contribution in [3.63, 3.8) is 0 Å². The van der Waals surface area contributed by atoms with Crippen LogP contribution in [0.1, 0.15) is 24.1 Å². The van der Waals surface area contributed by atoms with Gasteiger partial charge in [-0.2, -0.15) is 9.78 Å². The normalized spacial score (nSPS) is 13.8. The molecule has 0 radical (unpaired) electrons. The Hall–Kier alpha value is -3.55. The zero-order valence-electron chi connectivity index (χ0n) is 15.5. The summed E-state index contributed by atoms with van der Waals surface area (Å²) in [6, 6.07) is 3.62. The Labute approximate surface area is 160 Å². The van der Waals surface area contributed by atoms with Gasteiger partial charge in [0.15, 0.2) is 0 Å². The summed E-state index contributed by atoms with van der Waals surface area (Å²) in [7, 11) is 0. The van der Waals surface area contributed by atoms with E-state index >= 15 is 0 Å². The van der Waals surface area contributed by atoms with E-state index in [0.717, 1.165) is 35.2 Å². The van der Waals surface area contributed by atoms with Gasteiger partial charge in [0.2, 0.25) is 5.88 Å². The second-order valence-corrected chi connectivity index (χ2v) is 6.90. The molecule has 0 aromatic carbocycles. The molecule has 1 aliphatic carbocycles. The molecular formula is C20H18N6O2. The summed E-state index contributed by atoms with van der Waals surface area (Å²) in [4.78, 5) is 25.7. The molecular weight excluding hydrogens is 356 g/mol. The van der Waals surface area contributed by atoms with E-state index in [0.29, 0.717) is 11.3 Å². The van der Waals surface area contributed by atoms with E-state index in [2.05, 4.69) is 20.1 Å². The highest BCUT2D eigenvalue weighted by Gasteiger charge is 2.25. The molecule has 1 saturated carbocycles. The van der Waals surface area contributed by atoms with Crippen LogP contribution in [0.25, 0.3) is 22.4 Å². The van der Waals surface area contributed by atoms with Crippen molar-refractivity contribution in [2.24, 2.45) is 0 Å². The lowest BCUT2D eigenvalue weighted by Crippen LogP contribution is -2.22. The minimum absolute atomic E-state index is 0.249. The van der Waals surface area contributed by atoms with Gasteiger partial charge in [0, 0.05) is 41.4 Å². The van der Waals surface area contributed by atoms with Crippen molar-refractivity contribution < 1.29 is 4.74 Å². The first-order valence-corrected chi connectivity index (χ1v) is 9.13. The number of nitrogens with zero attached hydrogens (tertiary/aromatic N) is 6. The maximum absolute atomic E-state index is 13.1. The van der Waals surface area contributed by atoms with E-state index < -0.39 is 0 Å². The number of fused-ring (bicyclic) bond motifs is 1. The number of hydrogen-bond acceptors (Lipinski definition) is 6. The van der Waals surface area contributed by atoms with E-state index in [9.17, 15) is 4.79 Å². The number of pyridine rings is 1. The van der Waals surface area contributed by atoms with Crippen LogP contribution in [-0.4, -0.2) is 35.4 Å². The Morgan fingerprint density at radius 1 is 1.11 bits per heavy atom. The van der Waals surface area contributed by atoms with Crippen LogP contribution >= 0.6 is 0 Å². The third-order valence-corrected chi connectivity index (χ3v) is 4.93. The summed E-state index contributed by atoms with van der Waals surface area (Å²) in [5.41, 5.74) is 2.44. The number of aryl methyl sites for hydroxylation is 1. The smallest absolute Gasteiger partial charge is 0.283 e. The molecule has 0 aliphatic heterocycles. The molecule has 0 N–H and O–H groups in total. The summed E-state index contributed by atoms with van der Waals surface area (Å²) >= 11 is 0. The van der Waals surface area contributed by atoms with Crippen LogP contribution in [0.2, 0.25) is 0 Å². The molecule has 8 heteroatoms. The van der Waals surface area contributed by atoms with Crippen molar-refractivity contribution in [2.75, 3.05) is 0 Å². The molecule has 4 aromatic rings. The highest BCUT2D eigenvalue weighted by Crippen LogP contribution is 2.31. The van der Waals surface area contributed by atoms with Crippen LogP contribution in [0, 0.1) is 13.8 Å². The van der Waals surface area contributed by atoms with Gasteiger partial charge < -0.3 is 9.30 Å². The lowest BCUT2D eigenvalue weighted by atomic mass is 10.2. The van der Waals surface area contributed by atoms with E-state index in [1.54, 1.807) is 30.9 Å². The van der Waals surface area contributed by atoms with Crippen molar-refractivity contribution >= 4 is 10.8 Å². The van der Waals surface area contributed by atoms with Gasteiger partial charge in [0.1, 0.15) is 6.10 Å². The van der Waals surface area contributed by atoms with Crippen LogP contribution in [0.15, 0.2) is 47.9 Å². The van der Waals surface area contributed by atoms with E-state index in [4.69, 9.17) is 4.74 Å². The Bertz CT molecular complexity index is 1240. The van der Waals surface area contributed by atoms with Crippen molar-refractivity contribution in [3.05, 3.63) is 64.7 Å². The second kappa shape index (κ2) is 6.26. The predicted molar refractivity (Wildman–Crippen MR) is 103 cm³/mol. The van der Waals surface area contributed by atoms with Gasteiger partial charge in [-0.25, -0.2) is 15.0 Å². The molecule has 1 aliphatic rings. The molecule has 0 saturated heterocycles. The van der Waals surface area contributed by atoms with Gasteiger partial charge in [-0.05, 0) is 38.8 Å². The third-order valence-electron chi connectivity index (χ3n) is 4.93. The fourth-order valence-electron chi connectivity index (χ4n) is 3.31. The zero-order chi connectivity index (χ0) is 19.3. The van der Waals surface area contributed by atoms with Crippen LogP contribution < -0.4 is 10.3 Å². The first-order chi connectivity index (χ1) is 13.6. The quantitative estimate of drug-likeness (QED) is 0.545. The average molecular weight is 374 g/mol. The largest absolute Gasteiger partial charge is 0.474 e. The summed E-state index contributed by atoms with van der Waals surface area (Å²) in [5, 5.41) is 5.59. The molecule has 0 atom stereocenters. The predicted octanol–water partition coefficient (Wildman–Crippen LogP) is 2.52. The Morgan fingerprint density at radius 2 is 1.89 bits per heavy atom. The number of aromatic nitrogens is 6. The van der Waals surface area contributed by atoms with Gasteiger partial charge in [-0.3, -0.25) is 4.79 Å². The molecule has 28 heavy (non-hydrogen) atoms. The monoisotopic (exact) mass is 374 g/mol.